The number of rotatable bonds is 2. The molecule has 10 heavy (non-hydrogen) atoms. The monoisotopic (exact) mass is 134 g/mol. The van der Waals surface area contributed by atoms with Crippen LogP contribution in [0, 0.1) is 11.3 Å². The van der Waals surface area contributed by atoms with E-state index in [4.69, 9.17) is 5.26 Å². The lowest BCUT2D eigenvalue weighted by molar-refractivity contribution is 0.111. The average molecular weight is 134 g/mol. The van der Waals surface area contributed by atoms with E-state index in [-0.39, 0.29) is 0 Å². The van der Waals surface area contributed by atoms with E-state index in [0.717, 1.165) is 11.8 Å². The summed E-state index contributed by atoms with van der Waals surface area (Å²) in [5.74, 6) is 0. The van der Waals surface area contributed by atoms with Crippen molar-refractivity contribution in [1.82, 2.24) is 4.98 Å². The molecule has 1 aromatic heterocycles. The first-order valence-corrected chi connectivity index (χ1v) is 2.86. The normalized spacial score (nSPS) is 8.70. The molecule has 0 aliphatic carbocycles. The predicted molar refractivity (Wildman–Crippen MR) is 35.5 cm³/mol. The summed E-state index contributed by atoms with van der Waals surface area (Å²) in [5, 5.41) is 8.25. The highest BCUT2D eigenvalue weighted by molar-refractivity contribution is 5.72. The Balaban J connectivity index is 2.80. The number of nitrogens with zero attached hydrogens (tertiary/aromatic N) is 1. The summed E-state index contributed by atoms with van der Waals surface area (Å²) in [6, 6.07) is 3.65. The van der Waals surface area contributed by atoms with Crippen LogP contribution < -0.4 is 0 Å². The quantitative estimate of drug-likeness (QED) is 0.611. The van der Waals surface area contributed by atoms with Crippen molar-refractivity contribution in [3.8, 4) is 6.07 Å². The molecule has 0 amide bonds. The summed E-state index contributed by atoms with van der Waals surface area (Å²) in [5.41, 5.74) is 1.37. The summed E-state index contributed by atoms with van der Waals surface area (Å²) < 4.78 is 0. The van der Waals surface area contributed by atoms with Crippen LogP contribution >= 0.6 is 0 Å². The molecule has 0 aliphatic heterocycles. The van der Waals surface area contributed by atoms with E-state index in [1.807, 2.05) is 6.07 Å². The average Bonchev–Trinajstić information content (AvgIpc) is 2.37. The Kier molecular flexibility index (Phi) is 1.86. The Labute approximate surface area is 58.3 Å². The maximum atomic E-state index is 10.1. The van der Waals surface area contributed by atoms with Crippen molar-refractivity contribution in [1.29, 1.82) is 5.26 Å². The lowest BCUT2D eigenvalue weighted by Crippen LogP contribution is -1.74. The first kappa shape index (κ1) is 6.56. The van der Waals surface area contributed by atoms with Gasteiger partial charge < -0.3 is 4.98 Å². The van der Waals surface area contributed by atoms with Gasteiger partial charge in [-0.2, -0.15) is 5.26 Å². The summed E-state index contributed by atoms with van der Waals surface area (Å²) in [4.78, 5) is 12.8. The van der Waals surface area contributed by atoms with Gasteiger partial charge in [0.15, 0.2) is 6.29 Å². The van der Waals surface area contributed by atoms with Crippen molar-refractivity contribution in [2.24, 2.45) is 0 Å². The second-order valence-corrected chi connectivity index (χ2v) is 1.92. The van der Waals surface area contributed by atoms with E-state index in [9.17, 15) is 4.79 Å². The molecule has 1 aromatic rings. The molecule has 0 spiro atoms. The fourth-order valence-electron chi connectivity index (χ4n) is 0.720. The Bertz CT molecular complexity index is 269. The molecule has 0 saturated carbocycles. The van der Waals surface area contributed by atoms with Gasteiger partial charge in [0.2, 0.25) is 0 Å². The molecular weight excluding hydrogens is 128 g/mol. The number of carbonyl (C=O) groups is 1. The molecule has 0 aliphatic rings. The second-order valence-electron chi connectivity index (χ2n) is 1.92. The number of aromatic nitrogens is 1. The number of H-pyrrole nitrogens is 1. The smallest absolute Gasteiger partial charge is 0.166 e. The van der Waals surface area contributed by atoms with Gasteiger partial charge in [-0.25, -0.2) is 0 Å². The summed E-state index contributed by atoms with van der Waals surface area (Å²) >= 11 is 0. The number of carbonyl (C=O) groups excluding carboxylic acids is 1. The minimum Gasteiger partial charge on any atom is -0.359 e. The van der Waals surface area contributed by atoms with Gasteiger partial charge in [0, 0.05) is 6.20 Å². The van der Waals surface area contributed by atoms with Gasteiger partial charge in [-0.3, -0.25) is 4.79 Å². The molecule has 0 radical (unpaired) electrons. The maximum absolute atomic E-state index is 10.1. The lowest BCUT2D eigenvalue weighted by Gasteiger charge is -1.77. The minimum atomic E-state index is 0.352. The molecule has 0 saturated heterocycles. The molecule has 0 fully saturated rings. The van der Waals surface area contributed by atoms with Crippen molar-refractivity contribution in [3.05, 3.63) is 23.5 Å². The van der Waals surface area contributed by atoms with Crippen molar-refractivity contribution in [2.75, 3.05) is 0 Å². The van der Waals surface area contributed by atoms with Crippen LogP contribution in [0.2, 0.25) is 0 Å². The number of hydrogen-bond donors (Lipinski definition) is 1. The highest BCUT2D eigenvalue weighted by Gasteiger charge is 1.94. The van der Waals surface area contributed by atoms with Crippen LogP contribution in [-0.2, 0) is 6.42 Å². The minimum absolute atomic E-state index is 0.352. The van der Waals surface area contributed by atoms with Crippen LogP contribution in [0.4, 0.5) is 0 Å². The van der Waals surface area contributed by atoms with Gasteiger partial charge in [0.25, 0.3) is 0 Å². The Morgan fingerprint density at radius 1 is 1.80 bits per heavy atom. The highest BCUT2D eigenvalue weighted by atomic mass is 16.1. The predicted octanol–water partition coefficient (Wildman–Crippen LogP) is 0.893. The molecule has 3 heteroatoms. The third kappa shape index (κ3) is 1.23. The van der Waals surface area contributed by atoms with Gasteiger partial charge >= 0.3 is 0 Å². The van der Waals surface area contributed by atoms with Gasteiger partial charge in [0.05, 0.1) is 18.2 Å². The molecule has 1 rings (SSSR count). The van der Waals surface area contributed by atoms with Crippen molar-refractivity contribution < 1.29 is 4.79 Å². The molecule has 50 valence electrons. The van der Waals surface area contributed by atoms with E-state index < -0.39 is 0 Å². The van der Waals surface area contributed by atoms with E-state index >= 15 is 0 Å². The second kappa shape index (κ2) is 2.83. The topological polar surface area (TPSA) is 56.6 Å². The molecule has 1 heterocycles. The van der Waals surface area contributed by atoms with Crippen LogP contribution in [0.5, 0.6) is 0 Å². The first-order valence-electron chi connectivity index (χ1n) is 2.86. The first-order chi connectivity index (χ1) is 4.86. The van der Waals surface area contributed by atoms with Crippen molar-refractivity contribution >= 4 is 6.29 Å². The third-order valence-corrected chi connectivity index (χ3v) is 1.18. The molecular formula is C7H6N2O. The zero-order valence-electron chi connectivity index (χ0n) is 5.29. The number of aldehydes is 1. The van der Waals surface area contributed by atoms with Crippen LogP contribution in [-0.4, -0.2) is 11.3 Å². The molecule has 3 nitrogen and oxygen atoms in total. The third-order valence-electron chi connectivity index (χ3n) is 1.18. The van der Waals surface area contributed by atoms with E-state index in [1.165, 1.54) is 0 Å². The lowest BCUT2D eigenvalue weighted by atomic mass is 10.2. The van der Waals surface area contributed by atoms with Gasteiger partial charge in [-0.05, 0) is 11.6 Å². The highest BCUT2D eigenvalue weighted by Crippen LogP contribution is 2.00. The standard InChI is InChI=1S/C7H6N2O/c8-2-1-6-3-7(5-10)9-4-6/h3-5,9H,1H2. The SMILES string of the molecule is N#CCc1c[nH]c(C=O)c1. The number of hydrogen-bond acceptors (Lipinski definition) is 2. The van der Waals surface area contributed by atoms with Crippen LogP contribution in [0.3, 0.4) is 0 Å². The molecule has 0 bridgehead atoms. The van der Waals surface area contributed by atoms with E-state index in [1.54, 1.807) is 12.3 Å². The summed E-state index contributed by atoms with van der Waals surface area (Å²) in [6.45, 7) is 0. The van der Waals surface area contributed by atoms with Crippen LogP contribution in [0.15, 0.2) is 12.3 Å². The van der Waals surface area contributed by atoms with Crippen LogP contribution in [0.25, 0.3) is 0 Å². The van der Waals surface area contributed by atoms with Crippen LogP contribution in [0.1, 0.15) is 16.1 Å². The van der Waals surface area contributed by atoms with Gasteiger partial charge in [-0.15, -0.1) is 0 Å². The Morgan fingerprint density at radius 2 is 2.60 bits per heavy atom. The fraction of sp³-hybridized carbons (Fsp3) is 0.143. The molecule has 0 atom stereocenters. The van der Waals surface area contributed by atoms with Gasteiger partial charge in [-0.1, -0.05) is 0 Å². The van der Waals surface area contributed by atoms with Crippen molar-refractivity contribution in [3.63, 3.8) is 0 Å². The molecule has 0 unspecified atom stereocenters. The number of aromatic amines is 1. The molecule has 0 aromatic carbocycles. The summed E-state index contributed by atoms with van der Waals surface area (Å²) in [7, 11) is 0. The molecule has 1 N–H and O–H groups in total. The summed E-state index contributed by atoms with van der Waals surface area (Å²) in [6.07, 6.45) is 2.73. The van der Waals surface area contributed by atoms with E-state index in [0.29, 0.717) is 12.1 Å². The Hall–Kier alpha value is -1.56. The van der Waals surface area contributed by atoms with E-state index in [2.05, 4.69) is 4.98 Å². The largest absolute Gasteiger partial charge is 0.359 e. The number of nitriles is 1. The van der Waals surface area contributed by atoms with Gasteiger partial charge in [0.1, 0.15) is 0 Å². The zero-order valence-corrected chi connectivity index (χ0v) is 5.29. The maximum Gasteiger partial charge on any atom is 0.166 e. The fourth-order valence-corrected chi connectivity index (χ4v) is 0.720. The Morgan fingerprint density at radius 3 is 3.10 bits per heavy atom. The zero-order chi connectivity index (χ0) is 7.40. The number of nitrogens with one attached hydrogen (secondary N) is 1. The van der Waals surface area contributed by atoms with Crippen molar-refractivity contribution in [2.45, 2.75) is 6.42 Å².